The number of carbonyl (C=O) groups is 2. The first-order valence-electron chi connectivity index (χ1n) is 18.7. The number of fused-ring (bicyclic) bond motifs is 4. The van der Waals surface area contributed by atoms with Crippen LogP contribution in [0.25, 0.3) is 0 Å². The lowest BCUT2D eigenvalue weighted by atomic mass is 9.75. The van der Waals surface area contributed by atoms with Gasteiger partial charge in [-0.2, -0.15) is 0 Å². The molecule has 3 aromatic rings. The van der Waals surface area contributed by atoms with E-state index >= 15 is 0 Å². The third-order valence-electron chi connectivity index (χ3n) is 11.5. The van der Waals surface area contributed by atoms with Crippen molar-refractivity contribution in [3.8, 4) is 0 Å². The number of anilines is 2. The Labute approximate surface area is 298 Å². The van der Waals surface area contributed by atoms with Crippen molar-refractivity contribution >= 4 is 33.2 Å². The summed E-state index contributed by atoms with van der Waals surface area (Å²) in [7, 11) is -3.63. The van der Waals surface area contributed by atoms with E-state index in [1.165, 1.54) is 28.7 Å². The van der Waals surface area contributed by atoms with Crippen LogP contribution in [0.1, 0.15) is 100.0 Å². The van der Waals surface area contributed by atoms with Crippen molar-refractivity contribution in [2.24, 2.45) is 11.8 Å². The molecule has 0 radical (unpaired) electrons. The fourth-order valence-electron chi connectivity index (χ4n) is 8.70. The van der Waals surface area contributed by atoms with Crippen molar-refractivity contribution in [1.29, 1.82) is 0 Å². The molecule has 4 atom stereocenters. The zero-order chi connectivity index (χ0) is 35.6. The van der Waals surface area contributed by atoms with Crippen molar-refractivity contribution < 1.29 is 18.0 Å². The SMILES string of the molecule is CCC(=O)N1CCC[C@@H]2Cc3cc(N)ccc3C[C@H]21.CCC(=O)N1CCC[C@@H]2Cc3cc(NS(=O)(=O)c4ccc(C(C)C)cc4)ccc3C[C@H]21. The van der Waals surface area contributed by atoms with Crippen molar-refractivity contribution in [2.45, 2.75) is 115 Å². The van der Waals surface area contributed by atoms with Crippen LogP contribution < -0.4 is 10.5 Å². The van der Waals surface area contributed by atoms with Crippen LogP contribution in [-0.4, -0.2) is 55.2 Å². The van der Waals surface area contributed by atoms with Gasteiger partial charge < -0.3 is 15.5 Å². The van der Waals surface area contributed by atoms with Gasteiger partial charge in [-0.05, 0) is 133 Å². The predicted molar refractivity (Wildman–Crippen MR) is 200 cm³/mol. The van der Waals surface area contributed by atoms with E-state index in [-0.39, 0.29) is 16.8 Å². The highest BCUT2D eigenvalue weighted by atomic mass is 32.2. The molecule has 7 rings (SSSR count). The van der Waals surface area contributed by atoms with Crippen LogP contribution in [0.5, 0.6) is 0 Å². The van der Waals surface area contributed by atoms with Crippen molar-refractivity contribution in [3.63, 3.8) is 0 Å². The van der Waals surface area contributed by atoms with Crippen LogP contribution in [0.2, 0.25) is 0 Å². The lowest BCUT2D eigenvalue weighted by Gasteiger charge is -2.44. The molecule has 0 saturated carbocycles. The van der Waals surface area contributed by atoms with Crippen molar-refractivity contribution in [3.05, 3.63) is 88.5 Å². The van der Waals surface area contributed by atoms with E-state index in [1.54, 1.807) is 12.1 Å². The fourth-order valence-corrected chi connectivity index (χ4v) is 9.75. The van der Waals surface area contributed by atoms with Gasteiger partial charge >= 0.3 is 0 Å². The number of nitrogen functional groups attached to an aromatic ring is 1. The zero-order valence-electron chi connectivity index (χ0n) is 30.2. The summed E-state index contributed by atoms with van der Waals surface area (Å²) in [4.78, 5) is 29.0. The van der Waals surface area contributed by atoms with Gasteiger partial charge in [-0.25, -0.2) is 8.42 Å². The van der Waals surface area contributed by atoms with E-state index in [9.17, 15) is 18.0 Å². The molecular formula is C41H54N4O4S. The topological polar surface area (TPSA) is 113 Å². The van der Waals surface area contributed by atoms with Gasteiger partial charge in [-0.15, -0.1) is 0 Å². The molecule has 0 aromatic heterocycles. The smallest absolute Gasteiger partial charge is 0.261 e. The third-order valence-corrected chi connectivity index (χ3v) is 12.8. The largest absolute Gasteiger partial charge is 0.399 e. The van der Waals surface area contributed by atoms with Crippen molar-refractivity contribution in [1.82, 2.24) is 9.80 Å². The van der Waals surface area contributed by atoms with Crippen LogP contribution in [0, 0.1) is 11.8 Å². The van der Waals surface area contributed by atoms with E-state index in [2.05, 4.69) is 40.5 Å². The highest BCUT2D eigenvalue weighted by Crippen LogP contribution is 2.38. The lowest BCUT2D eigenvalue weighted by molar-refractivity contribution is -0.137. The average molecular weight is 699 g/mol. The van der Waals surface area contributed by atoms with Crippen LogP contribution in [-0.2, 0) is 45.3 Å². The summed E-state index contributed by atoms with van der Waals surface area (Å²) >= 11 is 0. The number of rotatable bonds is 6. The summed E-state index contributed by atoms with van der Waals surface area (Å²) in [5.74, 6) is 1.99. The Kier molecular flexibility index (Phi) is 10.9. The minimum atomic E-state index is -3.63. The number of piperidine rings is 2. The number of hydrogen-bond donors (Lipinski definition) is 2. The molecule has 0 unspecified atom stereocenters. The maximum atomic E-state index is 12.9. The molecule has 3 N–H and O–H groups in total. The van der Waals surface area contributed by atoms with Crippen LogP contribution in [0.15, 0.2) is 65.6 Å². The van der Waals surface area contributed by atoms with E-state index in [0.29, 0.717) is 48.2 Å². The van der Waals surface area contributed by atoms with E-state index < -0.39 is 10.0 Å². The number of carbonyl (C=O) groups excluding carboxylic acids is 2. The van der Waals surface area contributed by atoms with Crippen LogP contribution in [0.3, 0.4) is 0 Å². The molecule has 4 aliphatic rings. The Morgan fingerprint density at radius 2 is 1.26 bits per heavy atom. The van der Waals surface area contributed by atoms with Gasteiger partial charge in [0, 0.05) is 49.4 Å². The van der Waals surface area contributed by atoms with Crippen LogP contribution in [0.4, 0.5) is 11.4 Å². The standard InChI is InChI=1S/C25H32N2O3S.C16H22N2O/c1-4-25(28)27-13-5-6-20-14-21-15-22(10-7-19(21)16-24(20)27)26-31(29,30)23-11-8-18(9-12-23)17(2)3;1-2-16(19)18-7-3-4-12-8-13-9-14(17)6-5-11(13)10-15(12)18/h7-12,15,17,20,24,26H,4-6,13-14,16H2,1-3H3;5-6,9,12,15H,2-4,7-8,10,17H2,1H3/t20-,24-;12-,15-/m11/s1. The monoisotopic (exact) mass is 698 g/mol. The van der Waals surface area contributed by atoms with E-state index in [1.807, 2.05) is 50.2 Å². The number of nitrogens with zero attached hydrogens (tertiary/aromatic N) is 2. The van der Waals surface area contributed by atoms with Crippen molar-refractivity contribution in [2.75, 3.05) is 23.5 Å². The quantitative estimate of drug-likeness (QED) is 0.267. The number of sulfonamides is 1. The molecule has 50 heavy (non-hydrogen) atoms. The molecule has 3 aromatic carbocycles. The molecule has 0 bridgehead atoms. The maximum absolute atomic E-state index is 12.9. The molecule has 2 amide bonds. The van der Waals surface area contributed by atoms with Gasteiger partial charge in [0.15, 0.2) is 0 Å². The number of benzene rings is 3. The molecule has 8 nitrogen and oxygen atoms in total. The van der Waals surface area contributed by atoms with Gasteiger partial charge in [-0.3, -0.25) is 14.3 Å². The molecule has 0 spiro atoms. The Bertz CT molecular complexity index is 1810. The molecule has 2 heterocycles. The summed E-state index contributed by atoms with van der Waals surface area (Å²) in [5.41, 5.74) is 13.7. The summed E-state index contributed by atoms with van der Waals surface area (Å²) in [6.07, 6.45) is 9.56. The third kappa shape index (κ3) is 7.73. The first-order valence-corrected chi connectivity index (χ1v) is 20.2. The number of likely N-dealkylation sites (tertiary alicyclic amines) is 2. The fraction of sp³-hybridized carbons (Fsp3) is 0.512. The minimum absolute atomic E-state index is 0.242. The maximum Gasteiger partial charge on any atom is 0.261 e. The second-order valence-electron chi connectivity index (χ2n) is 15.0. The molecule has 2 fully saturated rings. The minimum Gasteiger partial charge on any atom is -0.399 e. The summed E-state index contributed by atoms with van der Waals surface area (Å²) < 4.78 is 28.5. The first-order chi connectivity index (χ1) is 24.0. The van der Waals surface area contributed by atoms with Crippen LogP contribution >= 0.6 is 0 Å². The Hall–Kier alpha value is -3.85. The summed E-state index contributed by atoms with van der Waals surface area (Å²) in [6, 6.07) is 19.9. The lowest BCUT2D eigenvalue weighted by Crippen LogP contribution is -2.51. The molecule has 2 aliphatic heterocycles. The molecule has 268 valence electrons. The second kappa shape index (κ2) is 15.2. The molecule has 2 saturated heterocycles. The van der Waals surface area contributed by atoms with Gasteiger partial charge in [0.1, 0.15) is 0 Å². The van der Waals surface area contributed by atoms with Gasteiger partial charge in [0.05, 0.1) is 4.90 Å². The summed E-state index contributed by atoms with van der Waals surface area (Å²) in [6.45, 7) is 9.86. The van der Waals surface area contributed by atoms with E-state index in [0.717, 1.165) is 69.3 Å². The van der Waals surface area contributed by atoms with Gasteiger partial charge in [0.2, 0.25) is 11.8 Å². The number of nitrogens with one attached hydrogen (secondary N) is 1. The molecule has 9 heteroatoms. The molecular weight excluding hydrogens is 645 g/mol. The molecule has 2 aliphatic carbocycles. The Morgan fingerprint density at radius 1 is 0.740 bits per heavy atom. The Balaban J connectivity index is 0.000000194. The highest BCUT2D eigenvalue weighted by Gasteiger charge is 2.38. The van der Waals surface area contributed by atoms with Gasteiger partial charge in [0.25, 0.3) is 10.0 Å². The number of nitrogens with two attached hydrogens (primary N) is 1. The highest BCUT2D eigenvalue weighted by molar-refractivity contribution is 7.92. The Morgan fingerprint density at radius 3 is 1.78 bits per heavy atom. The number of hydrogen-bond acceptors (Lipinski definition) is 5. The summed E-state index contributed by atoms with van der Waals surface area (Å²) in [5, 5.41) is 0. The van der Waals surface area contributed by atoms with Gasteiger partial charge in [-0.1, -0.05) is 52.0 Å². The van der Waals surface area contributed by atoms with E-state index in [4.69, 9.17) is 5.73 Å². The average Bonchev–Trinajstić information content (AvgIpc) is 3.12. The second-order valence-corrected chi connectivity index (χ2v) is 16.7. The predicted octanol–water partition coefficient (Wildman–Crippen LogP) is 7.11. The zero-order valence-corrected chi connectivity index (χ0v) is 31.0. The number of amides is 2. The normalized spacial score (nSPS) is 22.7. The first kappa shape index (κ1) is 36.0.